The van der Waals surface area contributed by atoms with Crippen LogP contribution >= 0.6 is 0 Å². The first-order valence-electron chi connectivity index (χ1n) is 8.57. The van der Waals surface area contributed by atoms with Crippen molar-refractivity contribution in [3.63, 3.8) is 0 Å². The van der Waals surface area contributed by atoms with Crippen molar-refractivity contribution >= 4 is 18.1 Å². The average molecular weight is 340 g/mol. The van der Waals surface area contributed by atoms with Gasteiger partial charge in [-0.2, -0.15) is 0 Å². The minimum Gasteiger partial charge on any atom is -0.670 e. The first kappa shape index (κ1) is 17.5. The van der Waals surface area contributed by atoms with E-state index in [1.807, 2.05) is 32.0 Å². The molecule has 0 saturated heterocycles. The fourth-order valence-corrected chi connectivity index (χ4v) is 3.02. The van der Waals surface area contributed by atoms with E-state index in [4.69, 9.17) is 4.65 Å². The van der Waals surface area contributed by atoms with Crippen LogP contribution in [0.5, 0.6) is 5.75 Å². The number of hydrogen-bond acceptors (Lipinski definition) is 4. The number of carbonyl (C=O) groups excluding carboxylic acids is 1. The summed E-state index contributed by atoms with van der Waals surface area (Å²) in [6, 6.07) is 12.3. The molecule has 132 valence electrons. The number of rotatable bonds is 3. The molecule has 3 rings (SSSR count). The van der Waals surface area contributed by atoms with Crippen LogP contribution < -0.4 is 10.1 Å². The van der Waals surface area contributed by atoms with E-state index in [1.165, 1.54) is 0 Å². The van der Waals surface area contributed by atoms with Gasteiger partial charge in [0.2, 0.25) is 5.91 Å². The minimum atomic E-state index is -3.04. The smallest absolute Gasteiger partial charge is 0.454 e. The van der Waals surface area contributed by atoms with Gasteiger partial charge in [-0.15, -0.1) is 5.46 Å². The summed E-state index contributed by atoms with van der Waals surface area (Å²) in [6.45, 7) is 5.16. The van der Waals surface area contributed by atoms with E-state index in [1.54, 1.807) is 24.3 Å². The lowest BCUT2D eigenvalue weighted by atomic mass is 9.62. The van der Waals surface area contributed by atoms with Crippen LogP contribution in [-0.4, -0.2) is 27.8 Å². The molecule has 0 saturated carbocycles. The number of fused-ring (bicyclic) bond motifs is 1. The summed E-state index contributed by atoms with van der Waals surface area (Å²) in [4.78, 5) is 12.8. The lowest BCUT2D eigenvalue weighted by Gasteiger charge is -2.47. The molecule has 0 bridgehead atoms. The Labute approximate surface area is 147 Å². The van der Waals surface area contributed by atoms with E-state index in [0.29, 0.717) is 16.4 Å². The molecule has 2 aromatic rings. The van der Waals surface area contributed by atoms with E-state index in [0.717, 1.165) is 11.1 Å². The Bertz CT molecular complexity index is 804. The third-order valence-electron chi connectivity index (χ3n) is 4.77. The Morgan fingerprint density at radius 1 is 0.960 bits per heavy atom. The van der Waals surface area contributed by atoms with Crippen LogP contribution in [0, 0.1) is 0 Å². The lowest BCUT2D eigenvalue weighted by molar-refractivity contribution is -0.0280. The summed E-state index contributed by atoms with van der Waals surface area (Å²) < 4.78 is 5.75. The maximum atomic E-state index is 12.5. The molecular weight excluding hydrogens is 317 g/mol. The van der Waals surface area contributed by atoms with Crippen LogP contribution in [0.2, 0.25) is 0 Å². The second-order valence-corrected chi connectivity index (χ2v) is 7.20. The maximum Gasteiger partial charge on any atom is 0.454 e. The van der Waals surface area contributed by atoms with Gasteiger partial charge in [0, 0.05) is 0 Å². The van der Waals surface area contributed by atoms with E-state index >= 15 is 0 Å². The molecule has 0 aromatic heterocycles. The van der Waals surface area contributed by atoms with E-state index in [2.05, 4.69) is 13.8 Å². The Balaban J connectivity index is 2.05. The largest absolute Gasteiger partial charge is 0.670 e. The summed E-state index contributed by atoms with van der Waals surface area (Å²) in [6.07, 6.45) is 0. The molecule has 5 nitrogen and oxygen atoms in total. The Kier molecular flexibility index (Phi) is 4.35. The fourth-order valence-electron chi connectivity index (χ4n) is 3.02. The highest BCUT2D eigenvalue weighted by Gasteiger charge is 2.43. The quantitative estimate of drug-likeness (QED) is 0.666. The summed E-state index contributed by atoms with van der Waals surface area (Å²) in [5.41, 5.74) is 2.67. The number of hydrogen-bond donors (Lipinski definition) is 2. The van der Waals surface area contributed by atoms with Crippen molar-refractivity contribution in [2.24, 2.45) is 0 Å². The number of carbonyl (C=O) groups is 1. The molecule has 1 unspecified atom stereocenters. The lowest BCUT2D eigenvalue weighted by Crippen LogP contribution is -2.69. The summed E-state index contributed by atoms with van der Waals surface area (Å²) in [5.74, 6) is 0.204. The van der Waals surface area contributed by atoms with E-state index in [9.17, 15) is 15.0 Å². The minimum absolute atomic E-state index is 0.234. The van der Waals surface area contributed by atoms with Gasteiger partial charge in [0.05, 0.1) is 11.3 Å². The third kappa shape index (κ3) is 2.92. The third-order valence-corrected chi connectivity index (χ3v) is 4.77. The number of benzene rings is 2. The van der Waals surface area contributed by atoms with Gasteiger partial charge in [-0.3, -0.25) is 4.79 Å². The van der Waals surface area contributed by atoms with E-state index < -0.39 is 12.6 Å². The molecule has 1 heterocycles. The average Bonchev–Trinajstić information content (AvgIpc) is 2.59. The number of amides is 1. The Morgan fingerprint density at radius 3 is 2.08 bits per heavy atom. The molecule has 2 N–H and O–H groups in total. The predicted octanol–water partition coefficient (Wildman–Crippen LogP) is 3.00. The van der Waals surface area contributed by atoms with Gasteiger partial charge in [-0.25, -0.2) is 0 Å². The van der Waals surface area contributed by atoms with Gasteiger partial charge in [0.15, 0.2) is 0 Å². The second-order valence-electron chi connectivity index (χ2n) is 7.20. The highest BCUT2D eigenvalue weighted by Crippen LogP contribution is 2.32. The first-order valence-corrected chi connectivity index (χ1v) is 8.57. The second kappa shape index (κ2) is 6.21. The van der Waals surface area contributed by atoms with E-state index in [-0.39, 0.29) is 17.2 Å². The van der Waals surface area contributed by atoms with Gasteiger partial charge in [-0.05, 0) is 35.1 Å². The monoisotopic (exact) mass is 340 g/mol. The zero-order valence-corrected chi connectivity index (χ0v) is 14.9. The van der Waals surface area contributed by atoms with Crippen molar-refractivity contribution in [3.8, 4) is 5.75 Å². The Morgan fingerprint density at radius 2 is 1.52 bits per heavy atom. The van der Waals surface area contributed by atoms with Crippen molar-refractivity contribution in [1.82, 2.24) is 4.97 Å². The van der Waals surface area contributed by atoms with Crippen molar-refractivity contribution in [1.29, 1.82) is 0 Å². The Hall–Kier alpha value is -2.31. The molecule has 0 radical (unpaired) electrons. The fraction of sp³-hybridized carbons (Fsp3) is 0.316. The van der Waals surface area contributed by atoms with Crippen LogP contribution in [0.1, 0.15) is 61.0 Å². The number of hydroxylamine groups is 1. The highest BCUT2D eigenvalue weighted by molar-refractivity contribution is 6.80. The SMILES string of the molecule is CC(C)c1ccc([B-]2(O)Oc3cc(C(C)C)ccc3C(=O)N2O)cc1. The van der Waals surface area contributed by atoms with Crippen molar-refractivity contribution in [2.45, 2.75) is 39.5 Å². The summed E-state index contributed by atoms with van der Waals surface area (Å²) in [7, 11) is 0. The van der Waals surface area contributed by atoms with Gasteiger partial charge >= 0.3 is 6.69 Å². The van der Waals surface area contributed by atoms with Crippen LogP contribution in [0.4, 0.5) is 0 Å². The molecule has 1 amide bonds. The zero-order valence-electron chi connectivity index (χ0n) is 14.9. The van der Waals surface area contributed by atoms with Crippen LogP contribution in [0.3, 0.4) is 0 Å². The predicted molar refractivity (Wildman–Crippen MR) is 97.3 cm³/mol. The van der Waals surface area contributed by atoms with Gasteiger partial charge in [0.1, 0.15) is 0 Å². The van der Waals surface area contributed by atoms with Crippen molar-refractivity contribution < 1.29 is 19.7 Å². The van der Waals surface area contributed by atoms with Crippen LogP contribution in [-0.2, 0) is 0 Å². The highest BCUT2D eigenvalue weighted by atomic mass is 16.6. The van der Waals surface area contributed by atoms with Crippen molar-refractivity contribution in [3.05, 3.63) is 59.2 Å². The molecule has 0 fully saturated rings. The van der Waals surface area contributed by atoms with Crippen molar-refractivity contribution in [2.75, 3.05) is 0 Å². The van der Waals surface area contributed by atoms with Crippen LogP contribution in [0.25, 0.3) is 0 Å². The molecule has 1 aliphatic rings. The first-order chi connectivity index (χ1) is 11.7. The zero-order chi connectivity index (χ0) is 18.4. The molecule has 25 heavy (non-hydrogen) atoms. The molecule has 2 aromatic carbocycles. The molecule has 0 aliphatic carbocycles. The molecule has 1 aliphatic heterocycles. The van der Waals surface area contributed by atoms with Gasteiger partial charge in [-0.1, -0.05) is 58.0 Å². The molecule has 0 spiro atoms. The molecular formula is C19H23BNO4-. The summed E-state index contributed by atoms with van der Waals surface area (Å²) in [5, 5.41) is 21.3. The standard InChI is InChI=1S/C19H23BNO4/c1-12(2)14-5-8-16(9-6-14)20(23)21(24)19(22)17-10-7-15(13(3)4)11-18(17)25-20/h5-13,23-24H,1-4H3/q-1. The molecule has 6 heteroatoms. The normalized spacial score (nSPS) is 20.0. The topological polar surface area (TPSA) is 70.0 Å². The number of nitrogens with zero attached hydrogens (tertiary/aromatic N) is 1. The van der Waals surface area contributed by atoms with Crippen LogP contribution in [0.15, 0.2) is 42.5 Å². The summed E-state index contributed by atoms with van der Waals surface area (Å²) >= 11 is 0. The van der Waals surface area contributed by atoms with Gasteiger partial charge < -0.3 is 19.9 Å². The van der Waals surface area contributed by atoms with Gasteiger partial charge in [0.25, 0.3) is 0 Å². The molecule has 1 atom stereocenters. The maximum absolute atomic E-state index is 12.5.